The molecule has 1 heterocycles. The Hall–Kier alpha value is -5.53. The van der Waals surface area contributed by atoms with Crippen LogP contribution < -0.4 is 4.90 Å². The minimum atomic E-state index is 0.551. The van der Waals surface area contributed by atoms with Crippen LogP contribution in [0.1, 0.15) is 24.0 Å². The van der Waals surface area contributed by atoms with Crippen molar-refractivity contribution in [2.24, 2.45) is 0 Å². The minimum Gasteiger partial charge on any atom is -0.347 e. The summed E-state index contributed by atoms with van der Waals surface area (Å²) in [6, 6.07) is 26.6. The van der Waals surface area contributed by atoms with Crippen molar-refractivity contribution in [3.8, 4) is 23.9 Å². The molecule has 2 aliphatic carbocycles. The summed E-state index contributed by atoms with van der Waals surface area (Å²) in [5, 5.41) is 31.0. The Kier molecular flexibility index (Phi) is 5.52. The number of fused-ring (bicyclic) bond motifs is 3. The zero-order valence-electron chi connectivity index (χ0n) is 20.7. The fourth-order valence-corrected chi connectivity index (χ4v) is 5.34. The first-order valence-corrected chi connectivity index (χ1v) is 12.3. The molecule has 6 rings (SSSR count). The highest BCUT2D eigenvalue weighted by molar-refractivity contribution is 6.09. The minimum absolute atomic E-state index is 0.551. The second-order valence-electron chi connectivity index (χ2n) is 9.33. The number of anilines is 1. The van der Waals surface area contributed by atoms with E-state index in [0.717, 1.165) is 55.6 Å². The maximum Gasteiger partial charge on any atom is 0.0993 e. The van der Waals surface area contributed by atoms with Gasteiger partial charge in [-0.3, -0.25) is 0 Å². The topological polar surface area (TPSA) is 79.5 Å². The molecule has 0 atom stereocenters. The van der Waals surface area contributed by atoms with Crippen LogP contribution in [0.4, 0.5) is 5.69 Å². The summed E-state index contributed by atoms with van der Waals surface area (Å²) in [4.78, 5) is 2.12. The summed E-state index contributed by atoms with van der Waals surface area (Å²) in [6.07, 6.45) is 9.16. The predicted octanol–water partition coefficient (Wildman–Crippen LogP) is 7.11. The van der Waals surface area contributed by atoms with Crippen molar-refractivity contribution in [2.75, 3.05) is 11.9 Å². The smallest absolute Gasteiger partial charge is 0.0993 e. The number of benzene rings is 3. The predicted molar refractivity (Wildman–Crippen MR) is 149 cm³/mol. The van der Waals surface area contributed by atoms with E-state index in [2.05, 4.69) is 51.6 Å². The fraction of sp³-hybridized carbons (Fsp3) is 0.0909. The molecule has 38 heavy (non-hydrogen) atoms. The van der Waals surface area contributed by atoms with Gasteiger partial charge in [0.1, 0.15) is 0 Å². The number of hydrogen-bond donors (Lipinski definition) is 0. The van der Waals surface area contributed by atoms with Gasteiger partial charge in [0.05, 0.1) is 40.4 Å². The number of aromatic nitrogens is 1. The van der Waals surface area contributed by atoms with Crippen molar-refractivity contribution in [1.29, 1.82) is 15.8 Å². The first-order chi connectivity index (χ1) is 18.6. The Morgan fingerprint density at radius 3 is 2.42 bits per heavy atom. The van der Waals surface area contributed by atoms with Gasteiger partial charge in [-0.1, -0.05) is 24.3 Å². The van der Waals surface area contributed by atoms with Crippen LogP contribution in [0.2, 0.25) is 0 Å². The van der Waals surface area contributed by atoms with Crippen molar-refractivity contribution >= 4 is 27.5 Å². The van der Waals surface area contributed by atoms with Crippen molar-refractivity contribution in [3.05, 3.63) is 124 Å². The van der Waals surface area contributed by atoms with E-state index in [0.29, 0.717) is 24.0 Å². The van der Waals surface area contributed by atoms with E-state index in [9.17, 15) is 15.8 Å². The second kappa shape index (κ2) is 9.16. The summed E-state index contributed by atoms with van der Waals surface area (Å²) >= 11 is 0. The molecule has 0 spiro atoms. The second-order valence-corrected chi connectivity index (χ2v) is 9.33. The number of nitriles is 3. The highest BCUT2D eigenvalue weighted by Gasteiger charge is 2.22. The number of hydrogen-bond acceptors (Lipinski definition) is 4. The molecule has 0 fully saturated rings. The molecule has 0 saturated heterocycles. The summed E-state index contributed by atoms with van der Waals surface area (Å²) < 4.78 is 2.15. The van der Waals surface area contributed by atoms with Crippen molar-refractivity contribution < 1.29 is 0 Å². The van der Waals surface area contributed by atoms with E-state index in [1.54, 1.807) is 0 Å². The van der Waals surface area contributed by atoms with Crippen molar-refractivity contribution in [3.63, 3.8) is 0 Å². The lowest BCUT2D eigenvalue weighted by Gasteiger charge is -2.28. The zero-order valence-corrected chi connectivity index (χ0v) is 20.7. The molecule has 0 radical (unpaired) electrons. The number of nitrogens with zero attached hydrogens (tertiary/aromatic N) is 5. The van der Waals surface area contributed by atoms with E-state index >= 15 is 0 Å². The van der Waals surface area contributed by atoms with Crippen LogP contribution in [-0.4, -0.2) is 11.6 Å². The highest BCUT2D eigenvalue weighted by Crippen LogP contribution is 2.37. The van der Waals surface area contributed by atoms with Crippen LogP contribution in [0.15, 0.2) is 113 Å². The Bertz CT molecular complexity index is 1950. The number of para-hydroxylation sites is 1. The molecule has 3 aromatic carbocycles. The van der Waals surface area contributed by atoms with E-state index in [-0.39, 0.29) is 0 Å². The molecule has 0 saturated carbocycles. The molecule has 0 aliphatic heterocycles. The molecular formula is C33H21N5. The summed E-state index contributed by atoms with van der Waals surface area (Å²) in [5.41, 5.74) is 11.9. The summed E-state index contributed by atoms with van der Waals surface area (Å²) in [5.74, 6) is 0. The number of allylic oxidation sites excluding steroid dienone is 7. The van der Waals surface area contributed by atoms with Gasteiger partial charge >= 0.3 is 0 Å². The summed E-state index contributed by atoms with van der Waals surface area (Å²) in [6.45, 7) is 0. The first kappa shape index (κ1) is 22.9. The van der Waals surface area contributed by atoms with Crippen molar-refractivity contribution in [2.45, 2.75) is 12.8 Å². The lowest BCUT2D eigenvalue weighted by Crippen LogP contribution is -2.21. The molecule has 0 N–H and O–H groups in total. The lowest BCUT2D eigenvalue weighted by molar-refractivity contribution is 0.861. The van der Waals surface area contributed by atoms with E-state index in [1.807, 2.05) is 73.8 Å². The maximum absolute atomic E-state index is 9.96. The molecule has 5 nitrogen and oxygen atoms in total. The molecule has 0 amide bonds. The molecule has 0 bridgehead atoms. The monoisotopic (exact) mass is 487 g/mol. The van der Waals surface area contributed by atoms with Crippen LogP contribution in [0.3, 0.4) is 0 Å². The number of rotatable bonds is 4. The normalized spacial score (nSPS) is 14.3. The quantitative estimate of drug-likeness (QED) is 0.287. The maximum atomic E-state index is 9.96. The third-order valence-corrected chi connectivity index (χ3v) is 7.18. The third kappa shape index (κ3) is 3.71. The molecule has 1 aromatic heterocycles. The average molecular weight is 488 g/mol. The SMILES string of the molecule is CN(C1=C(C2=C=CC=C2)C=C(C#N)CC1)c1cc(C#N)cc(-n2c3ccccc3c3cc(C#N)ccc32)c1. The van der Waals surface area contributed by atoms with Gasteiger partial charge in [-0.2, -0.15) is 15.8 Å². The first-order valence-electron chi connectivity index (χ1n) is 12.3. The Morgan fingerprint density at radius 2 is 1.66 bits per heavy atom. The zero-order chi connectivity index (χ0) is 26.2. The van der Waals surface area contributed by atoms with Gasteiger partial charge in [-0.15, -0.1) is 5.73 Å². The largest absolute Gasteiger partial charge is 0.347 e. The molecule has 4 aromatic rings. The molecule has 0 unspecified atom stereocenters. The third-order valence-electron chi connectivity index (χ3n) is 7.18. The lowest BCUT2D eigenvalue weighted by atomic mass is 9.92. The van der Waals surface area contributed by atoms with Gasteiger partial charge in [-0.05, 0) is 73.5 Å². The standard InChI is InChI=1S/C33H21N5/c1-37(31-12-10-22(19-34)16-29(31)25-6-2-3-7-25)26-14-24(21-36)15-27(18-26)38-32-9-5-4-8-28(32)30-17-23(20-35)11-13-33(30)38/h2-6,8-9,11,13-18H,10,12H2,1H3. The Balaban J connectivity index is 1.57. The Labute approximate surface area is 220 Å². The van der Waals surface area contributed by atoms with Crippen LogP contribution >= 0.6 is 0 Å². The molecular weight excluding hydrogens is 466 g/mol. The highest BCUT2D eigenvalue weighted by atomic mass is 15.1. The molecule has 2 aliphatic rings. The van der Waals surface area contributed by atoms with Crippen LogP contribution in [0.25, 0.3) is 27.5 Å². The van der Waals surface area contributed by atoms with E-state index in [4.69, 9.17) is 0 Å². The van der Waals surface area contributed by atoms with Crippen LogP contribution in [-0.2, 0) is 0 Å². The fourth-order valence-electron chi connectivity index (χ4n) is 5.34. The van der Waals surface area contributed by atoms with E-state index in [1.165, 1.54) is 0 Å². The van der Waals surface area contributed by atoms with Crippen molar-refractivity contribution in [1.82, 2.24) is 4.57 Å². The average Bonchev–Trinajstić information content (AvgIpc) is 3.62. The van der Waals surface area contributed by atoms with Gasteiger partial charge in [0, 0.05) is 51.6 Å². The molecule has 5 heteroatoms. The van der Waals surface area contributed by atoms with Gasteiger partial charge < -0.3 is 9.47 Å². The van der Waals surface area contributed by atoms with Gasteiger partial charge in [0.2, 0.25) is 0 Å². The molecule has 178 valence electrons. The Morgan fingerprint density at radius 1 is 0.842 bits per heavy atom. The van der Waals surface area contributed by atoms with E-state index < -0.39 is 0 Å². The van der Waals surface area contributed by atoms with Gasteiger partial charge in [0.15, 0.2) is 0 Å². The van der Waals surface area contributed by atoms with Gasteiger partial charge in [0.25, 0.3) is 0 Å². The van der Waals surface area contributed by atoms with Gasteiger partial charge in [-0.25, -0.2) is 0 Å². The van der Waals surface area contributed by atoms with Crippen LogP contribution in [0.5, 0.6) is 0 Å². The summed E-state index contributed by atoms with van der Waals surface area (Å²) in [7, 11) is 2.01. The van der Waals surface area contributed by atoms with Crippen LogP contribution in [0, 0.1) is 34.0 Å².